The number of hydrogen-bond acceptors (Lipinski definition) is 2. The van der Waals surface area contributed by atoms with E-state index in [0.29, 0.717) is 5.92 Å². The molecule has 1 aromatic rings. The van der Waals surface area contributed by atoms with Crippen LogP contribution in [0.15, 0.2) is 35.9 Å². The van der Waals surface area contributed by atoms with Crippen LogP contribution in [-0.2, 0) is 4.79 Å². The van der Waals surface area contributed by atoms with E-state index in [2.05, 4.69) is 6.07 Å². The Morgan fingerprint density at radius 2 is 2.00 bits per heavy atom. The molecule has 0 aliphatic heterocycles. The first-order valence-corrected chi connectivity index (χ1v) is 6.26. The van der Waals surface area contributed by atoms with Crippen molar-refractivity contribution in [1.82, 2.24) is 0 Å². The summed E-state index contributed by atoms with van der Waals surface area (Å²) in [6, 6.07) is 8.09. The van der Waals surface area contributed by atoms with Crippen LogP contribution < -0.4 is 4.74 Å². The lowest BCUT2D eigenvalue weighted by Crippen LogP contribution is -2.09. The molecule has 0 atom stereocenters. The number of carboxylic acid groups (broad SMARTS) is 1. The smallest absolute Gasteiger partial charge is 0.328 e. The molecule has 1 N–H and O–H groups in total. The molecule has 0 bridgehead atoms. The Morgan fingerprint density at radius 3 is 2.61 bits per heavy atom. The predicted molar refractivity (Wildman–Crippen MR) is 69.9 cm³/mol. The summed E-state index contributed by atoms with van der Waals surface area (Å²) in [5.74, 6) is 0.584. The molecule has 3 heteroatoms. The summed E-state index contributed by atoms with van der Waals surface area (Å²) in [7, 11) is 1.69. The van der Waals surface area contributed by atoms with Gasteiger partial charge in [-0.1, -0.05) is 23.8 Å². The van der Waals surface area contributed by atoms with Crippen molar-refractivity contribution in [1.29, 1.82) is 0 Å². The molecule has 0 spiro atoms. The van der Waals surface area contributed by atoms with Crippen molar-refractivity contribution >= 4 is 5.97 Å². The summed E-state index contributed by atoms with van der Waals surface area (Å²) in [6.07, 6.45) is 5.10. The summed E-state index contributed by atoms with van der Waals surface area (Å²) in [6.45, 7) is 0. The van der Waals surface area contributed by atoms with E-state index in [-0.39, 0.29) is 0 Å². The van der Waals surface area contributed by atoms with Gasteiger partial charge in [0, 0.05) is 6.08 Å². The average molecular weight is 246 g/mol. The molecule has 1 aliphatic carbocycles. The van der Waals surface area contributed by atoms with Gasteiger partial charge in [0.25, 0.3) is 0 Å². The van der Waals surface area contributed by atoms with Gasteiger partial charge in [0.2, 0.25) is 0 Å². The normalized spacial score (nSPS) is 19.4. The zero-order chi connectivity index (χ0) is 13.0. The van der Waals surface area contributed by atoms with Crippen molar-refractivity contribution in [3.05, 3.63) is 41.5 Å². The van der Waals surface area contributed by atoms with Crippen LogP contribution in [0.1, 0.15) is 37.2 Å². The van der Waals surface area contributed by atoms with E-state index in [0.717, 1.165) is 37.0 Å². The van der Waals surface area contributed by atoms with E-state index >= 15 is 0 Å². The Hall–Kier alpha value is -1.77. The van der Waals surface area contributed by atoms with Crippen LogP contribution in [0.3, 0.4) is 0 Å². The molecule has 18 heavy (non-hydrogen) atoms. The second kappa shape index (κ2) is 5.71. The average Bonchev–Trinajstić information content (AvgIpc) is 2.39. The van der Waals surface area contributed by atoms with Crippen LogP contribution in [0.2, 0.25) is 0 Å². The first kappa shape index (κ1) is 12.7. The third kappa shape index (κ3) is 2.92. The van der Waals surface area contributed by atoms with Gasteiger partial charge in [0.15, 0.2) is 0 Å². The maximum atomic E-state index is 10.6. The van der Waals surface area contributed by atoms with Crippen LogP contribution >= 0.6 is 0 Å². The number of para-hydroxylation sites is 1. The molecule has 0 unspecified atom stereocenters. The number of carbonyl (C=O) groups is 1. The summed E-state index contributed by atoms with van der Waals surface area (Å²) in [5.41, 5.74) is 2.29. The van der Waals surface area contributed by atoms with Gasteiger partial charge in [-0.15, -0.1) is 0 Å². The van der Waals surface area contributed by atoms with E-state index in [4.69, 9.17) is 9.84 Å². The highest BCUT2D eigenvalue weighted by molar-refractivity contribution is 5.80. The molecule has 0 radical (unpaired) electrons. The maximum absolute atomic E-state index is 10.6. The lowest BCUT2D eigenvalue weighted by Gasteiger charge is -2.25. The third-order valence-corrected chi connectivity index (χ3v) is 3.53. The van der Waals surface area contributed by atoms with Gasteiger partial charge in [-0.05, 0) is 43.2 Å². The molecule has 0 amide bonds. The predicted octanol–water partition coefficient (Wildman–Crippen LogP) is 3.36. The minimum absolute atomic E-state index is 0.479. The van der Waals surface area contributed by atoms with Gasteiger partial charge in [0.05, 0.1) is 7.11 Å². The van der Waals surface area contributed by atoms with Crippen molar-refractivity contribution in [3.8, 4) is 5.75 Å². The highest BCUT2D eigenvalue weighted by atomic mass is 16.5. The van der Waals surface area contributed by atoms with E-state index < -0.39 is 5.97 Å². The van der Waals surface area contributed by atoms with E-state index in [1.165, 1.54) is 11.6 Å². The molecule has 3 nitrogen and oxygen atoms in total. The van der Waals surface area contributed by atoms with E-state index in [1.807, 2.05) is 18.2 Å². The van der Waals surface area contributed by atoms with Crippen molar-refractivity contribution in [2.45, 2.75) is 31.6 Å². The molecular weight excluding hydrogens is 228 g/mol. The molecular formula is C15H18O3. The SMILES string of the molecule is COc1ccccc1C1CCC(=CC(=O)O)CC1. The van der Waals surface area contributed by atoms with Crippen molar-refractivity contribution in [2.75, 3.05) is 7.11 Å². The minimum atomic E-state index is -0.833. The summed E-state index contributed by atoms with van der Waals surface area (Å²) in [4.78, 5) is 10.6. The Bertz CT molecular complexity index is 453. The topological polar surface area (TPSA) is 46.5 Å². The monoisotopic (exact) mass is 246 g/mol. The number of methoxy groups -OCH3 is 1. The fourth-order valence-electron chi connectivity index (χ4n) is 2.62. The van der Waals surface area contributed by atoms with Crippen molar-refractivity contribution in [2.24, 2.45) is 0 Å². The largest absolute Gasteiger partial charge is 0.496 e. The van der Waals surface area contributed by atoms with Gasteiger partial charge in [0.1, 0.15) is 5.75 Å². The molecule has 1 aromatic carbocycles. The minimum Gasteiger partial charge on any atom is -0.496 e. The Kier molecular flexibility index (Phi) is 4.03. The molecule has 0 aromatic heterocycles. The van der Waals surface area contributed by atoms with E-state index in [1.54, 1.807) is 7.11 Å². The van der Waals surface area contributed by atoms with Crippen LogP contribution in [0.25, 0.3) is 0 Å². The van der Waals surface area contributed by atoms with Gasteiger partial charge in [-0.3, -0.25) is 0 Å². The second-order valence-electron chi connectivity index (χ2n) is 4.66. The number of benzene rings is 1. The molecule has 96 valence electrons. The van der Waals surface area contributed by atoms with Gasteiger partial charge >= 0.3 is 5.97 Å². The van der Waals surface area contributed by atoms with Crippen LogP contribution in [0.5, 0.6) is 5.75 Å². The Labute approximate surface area is 107 Å². The zero-order valence-electron chi connectivity index (χ0n) is 10.6. The lowest BCUT2D eigenvalue weighted by atomic mass is 9.81. The van der Waals surface area contributed by atoms with Crippen molar-refractivity contribution < 1.29 is 14.6 Å². The van der Waals surface area contributed by atoms with Crippen LogP contribution in [0.4, 0.5) is 0 Å². The number of rotatable bonds is 3. The molecule has 0 saturated heterocycles. The number of hydrogen-bond donors (Lipinski definition) is 1. The van der Waals surface area contributed by atoms with Crippen LogP contribution in [0, 0.1) is 0 Å². The van der Waals surface area contributed by atoms with Crippen molar-refractivity contribution in [3.63, 3.8) is 0 Å². The van der Waals surface area contributed by atoms with Gasteiger partial charge in [-0.2, -0.15) is 0 Å². The summed E-state index contributed by atoms with van der Waals surface area (Å²) >= 11 is 0. The summed E-state index contributed by atoms with van der Waals surface area (Å²) in [5, 5.41) is 8.73. The number of aliphatic carboxylic acids is 1. The molecule has 1 aliphatic rings. The van der Waals surface area contributed by atoms with Gasteiger partial charge in [-0.25, -0.2) is 4.79 Å². The zero-order valence-corrected chi connectivity index (χ0v) is 10.6. The first-order chi connectivity index (χ1) is 8.70. The Morgan fingerprint density at radius 1 is 1.33 bits per heavy atom. The number of allylic oxidation sites excluding steroid dienone is 1. The number of ether oxygens (including phenoxy) is 1. The standard InChI is InChI=1S/C15H18O3/c1-18-14-5-3-2-4-13(14)12-8-6-11(7-9-12)10-15(16)17/h2-5,10,12H,6-9H2,1H3,(H,16,17). The molecule has 1 fully saturated rings. The first-order valence-electron chi connectivity index (χ1n) is 6.26. The quantitative estimate of drug-likeness (QED) is 0.832. The van der Waals surface area contributed by atoms with E-state index in [9.17, 15) is 4.79 Å². The molecule has 2 rings (SSSR count). The molecule has 0 heterocycles. The second-order valence-corrected chi connectivity index (χ2v) is 4.66. The lowest BCUT2D eigenvalue weighted by molar-refractivity contribution is -0.131. The third-order valence-electron chi connectivity index (χ3n) is 3.53. The van der Waals surface area contributed by atoms with Crippen LogP contribution in [-0.4, -0.2) is 18.2 Å². The fourth-order valence-corrected chi connectivity index (χ4v) is 2.62. The Balaban J connectivity index is 2.08. The fraction of sp³-hybridized carbons (Fsp3) is 0.400. The highest BCUT2D eigenvalue weighted by Crippen LogP contribution is 2.38. The van der Waals surface area contributed by atoms with Gasteiger partial charge < -0.3 is 9.84 Å². The molecule has 1 saturated carbocycles. The summed E-state index contributed by atoms with van der Waals surface area (Å²) < 4.78 is 5.38. The highest BCUT2D eigenvalue weighted by Gasteiger charge is 2.21. The maximum Gasteiger partial charge on any atom is 0.328 e. The number of carboxylic acids is 1.